The molecule has 1 heterocycles. The first kappa shape index (κ1) is 16.0. The van der Waals surface area contributed by atoms with Gasteiger partial charge in [0.05, 0.1) is 18.7 Å². The Morgan fingerprint density at radius 2 is 2.09 bits per heavy atom. The number of nitrogens with zero attached hydrogens (tertiary/aromatic N) is 3. The average Bonchev–Trinajstić information content (AvgIpc) is 2.98. The van der Waals surface area contributed by atoms with Gasteiger partial charge in [-0.15, -0.1) is 0 Å². The first-order chi connectivity index (χ1) is 10.6. The molecule has 1 atom stereocenters. The standard InChI is InChI=1S/C16H22N4O2/c1-12(2)22-15-7-5-4-6-14(15)13(3)19-16(21)8-9-20-11-17-10-18-20/h4-7,10-13H,8-9H2,1-3H3,(H,19,21). The summed E-state index contributed by atoms with van der Waals surface area (Å²) in [6, 6.07) is 7.66. The van der Waals surface area contributed by atoms with Crippen LogP contribution in [-0.2, 0) is 11.3 Å². The number of hydrogen-bond donors (Lipinski definition) is 1. The summed E-state index contributed by atoms with van der Waals surface area (Å²) in [4.78, 5) is 15.9. The molecule has 0 bridgehead atoms. The van der Waals surface area contributed by atoms with Crippen molar-refractivity contribution in [2.45, 2.75) is 45.9 Å². The van der Waals surface area contributed by atoms with Crippen molar-refractivity contribution in [3.8, 4) is 5.75 Å². The largest absolute Gasteiger partial charge is 0.491 e. The van der Waals surface area contributed by atoms with Gasteiger partial charge < -0.3 is 10.1 Å². The zero-order valence-corrected chi connectivity index (χ0v) is 13.2. The summed E-state index contributed by atoms with van der Waals surface area (Å²) >= 11 is 0. The molecule has 1 aromatic carbocycles. The quantitative estimate of drug-likeness (QED) is 0.852. The van der Waals surface area contributed by atoms with Gasteiger partial charge in [0.25, 0.3) is 0 Å². The van der Waals surface area contributed by atoms with Crippen LogP contribution in [-0.4, -0.2) is 26.8 Å². The minimum absolute atomic E-state index is 0.0256. The number of aromatic nitrogens is 3. The lowest BCUT2D eigenvalue weighted by Gasteiger charge is -2.19. The number of benzene rings is 1. The zero-order chi connectivity index (χ0) is 15.9. The smallest absolute Gasteiger partial charge is 0.222 e. The molecule has 1 unspecified atom stereocenters. The number of ether oxygens (including phenoxy) is 1. The Kier molecular flexibility index (Phi) is 5.52. The normalized spacial score (nSPS) is 12.2. The van der Waals surface area contributed by atoms with Crippen molar-refractivity contribution in [1.82, 2.24) is 20.1 Å². The number of hydrogen-bond acceptors (Lipinski definition) is 4. The molecule has 0 aliphatic rings. The Balaban J connectivity index is 1.93. The molecule has 0 aliphatic carbocycles. The predicted molar refractivity (Wildman–Crippen MR) is 83.4 cm³/mol. The zero-order valence-electron chi connectivity index (χ0n) is 13.2. The maximum atomic E-state index is 12.0. The molecule has 6 nitrogen and oxygen atoms in total. The molecule has 1 amide bonds. The summed E-state index contributed by atoms with van der Waals surface area (Å²) in [7, 11) is 0. The van der Waals surface area contributed by atoms with Crippen LogP contribution in [0.25, 0.3) is 0 Å². The second kappa shape index (κ2) is 7.59. The third-order valence-corrected chi connectivity index (χ3v) is 3.16. The first-order valence-corrected chi connectivity index (χ1v) is 7.43. The molecule has 0 fully saturated rings. The van der Waals surface area contributed by atoms with E-state index in [0.29, 0.717) is 13.0 Å². The van der Waals surface area contributed by atoms with Crippen LogP contribution in [0.4, 0.5) is 0 Å². The summed E-state index contributed by atoms with van der Waals surface area (Å²) in [6.07, 6.45) is 3.51. The summed E-state index contributed by atoms with van der Waals surface area (Å²) in [5, 5.41) is 6.97. The van der Waals surface area contributed by atoms with Crippen molar-refractivity contribution < 1.29 is 9.53 Å². The molecule has 2 rings (SSSR count). The van der Waals surface area contributed by atoms with Crippen LogP contribution in [0.15, 0.2) is 36.9 Å². The van der Waals surface area contributed by atoms with Crippen LogP contribution >= 0.6 is 0 Å². The lowest BCUT2D eigenvalue weighted by molar-refractivity contribution is -0.122. The second-order valence-corrected chi connectivity index (χ2v) is 5.40. The van der Waals surface area contributed by atoms with Crippen LogP contribution in [0.3, 0.4) is 0 Å². The second-order valence-electron chi connectivity index (χ2n) is 5.40. The minimum atomic E-state index is -0.113. The van der Waals surface area contributed by atoms with Gasteiger partial charge in [-0.3, -0.25) is 9.48 Å². The first-order valence-electron chi connectivity index (χ1n) is 7.43. The van der Waals surface area contributed by atoms with Crippen molar-refractivity contribution in [2.75, 3.05) is 0 Å². The fourth-order valence-electron chi connectivity index (χ4n) is 2.16. The van der Waals surface area contributed by atoms with Crippen molar-refractivity contribution in [2.24, 2.45) is 0 Å². The number of amides is 1. The van der Waals surface area contributed by atoms with Gasteiger partial charge in [-0.25, -0.2) is 4.98 Å². The monoisotopic (exact) mass is 302 g/mol. The van der Waals surface area contributed by atoms with Crippen LogP contribution in [0.5, 0.6) is 5.75 Å². The topological polar surface area (TPSA) is 69.0 Å². The molecule has 6 heteroatoms. The van der Waals surface area contributed by atoms with Gasteiger partial charge in [-0.2, -0.15) is 5.10 Å². The highest BCUT2D eigenvalue weighted by atomic mass is 16.5. The van der Waals surface area contributed by atoms with Crippen molar-refractivity contribution in [3.63, 3.8) is 0 Å². The van der Waals surface area contributed by atoms with Crippen LogP contribution in [0.1, 0.15) is 38.8 Å². The molecular weight excluding hydrogens is 280 g/mol. The van der Waals surface area contributed by atoms with Crippen LogP contribution in [0.2, 0.25) is 0 Å². The maximum Gasteiger partial charge on any atom is 0.222 e. The van der Waals surface area contributed by atoms with E-state index in [0.717, 1.165) is 11.3 Å². The highest BCUT2D eigenvalue weighted by Gasteiger charge is 2.14. The number of rotatable bonds is 7. The van der Waals surface area contributed by atoms with Gasteiger partial charge in [0, 0.05) is 12.0 Å². The average molecular weight is 302 g/mol. The fourth-order valence-corrected chi connectivity index (χ4v) is 2.16. The van der Waals surface area contributed by atoms with Gasteiger partial charge in [-0.1, -0.05) is 18.2 Å². The van der Waals surface area contributed by atoms with E-state index in [4.69, 9.17) is 4.74 Å². The van der Waals surface area contributed by atoms with Crippen molar-refractivity contribution in [1.29, 1.82) is 0 Å². The summed E-state index contributed by atoms with van der Waals surface area (Å²) < 4.78 is 7.43. The van der Waals surface area contributed by atoms with E-state index in [1.165, 1.54) is 6.33 Å². The molecule has 118 valence electrons. The molecule has 1 aromatic heterocycles. The molecule has 0 aliphatic heterocycles. The number of carbonyl (C=O) groups is 1. The number of carbonyl (C=O) groups excluding carboxylic acids is 1. The highest BCUT2D eigenvalue weighted by Crippen LogP contribution is 2.25. The van der Waals surface area contributed by atoms with Crippen LogP contribution in [0, 0.1) is 0 Å². The van der Waals surface area contributed by atoms with E-state index in [9.17, 15) is 4.79 Å². The lowest BCUT2D eigenvalue weighted by atomic mass is 10.1. The number of aryl methyl sites for hydroxylation is 1. The Bertz CT molecular complexity index is 596. The maximum absolute atomic E-state index is 12.0. The van der Waals surface area contributed by atoms with E-state index in [1.807, 2.05) is 45.0 Å². The predicted octanol–water partition coefficient (Wildman–Crippen LogP) is 2.33. The van der Waals surface area contributed by atoms with Gasteiger partial charge in [0.1, 0.15) is 18.4 Å². The van der Waals surface area contributed by atoms with E-state index >= 15 is 0 Å². The molecule has 0 radical (unpaired) electrons. The molecule has 0 saturated carbocycles. The Morgan fingerprint density at radius 3 is 2.77 bits per heavy atom. The number of para-hydroxylation sites is 1. The summed E-state index contributed by atoms with van der Waals surface area (Å²) in [6.45, 7) is 6.44. The third-order valence-electron chi connectivity index (χ3n) is 3.16. The van der Waals surface area contributed by atoms with Gasteiger partial charge in [-0.05, 0) is 26.8 Å². The Hall–Kier alpha value is -2.37. The lowest BCUT2D eigenvalue weighted by Crippen LogP contribution is -2.28. The Morgan fingerprint density at radius 1 is 1.32 bits per heavy atom. The highest BCUT2D eigenvalue weighted by molar-refractivity contribution is 5.76. The molecule has 22 heavy (non-hydrogen) atoms. The van der Waals surface area contributed by atoms with Gasteiger partial charge in [0.15, 0.2) is 0 Å². The summed E-state index contributed by atoms with van der Waals surface area (Å²) in [5.41, 5.74) is 0.977. The molecule has 1 N–H and O–H groups in total. The molecule has 2 aromatic rings. The fraction of sp³-hybridized carbons (Fsp3) is 0.438. The van der Waals surface area contributed by atoms with Crippen molar-refractivity contribution >= 4 is 5.91 Å². The molecule has 0 spiro atoms. The third kappa shape index (κ3) is 4.58. The van der Waals surface area contributed by atoms with Crippen molar-refractivity contribution in [3.05, 3.63) is 42.5 Å². The Labute approximate surface area is 130 Å². The van der Waals surface area contributed by atoms with Gasteiger partial charge >= 0.3 is 0 Å². The van der Waals surface area contributed by atoms with E-state index < -0.39 is 0 Å². The summed E-state index contributed by atoms with van der Waals surface area (Å²) in [5.74, 6) is 0.781. The van der Waals surface area contributed by atoms with Crippen LogP contribution < -0.4 is 10.1 Å². The van der Waals surface area contributed by atoms with Gasteiger partial charge in [0.2, 0.25) is 5.91 Å². The number of nitrogens with one attached hydrogen (secondary N) is 1. The van der Waals surface area contributed by atoms with E-state index in [1.54, 1.807) is 11.0 Å². The molecular formula is C16H22N4O2. The van der Waals surface area contributed by atoms with E-state index in [2.05, 4.69) is 15.4 Å². The minimum Gasteiger partial charge on any atom is -0.491 e. The molecule has 0 saturated heterocycles. The SMILES string of the molecule is CC(C)Oc1ccccc1C(C)NC(=O)CCn1cncn1. The van der Waals surface area contributed by atoms with E-state index in [-0.39, 0.29) is 18.1 Å².